The lowest BCUT2D eigenvalue weighted by atomic mass is 9.82. The lowest BCUT2D eigenvalue weighted by Crippen LogP contribution is -2.10. The molecule has 0 spiro atoms. The van der Waals surface area contributed by atoms with Crippen molar-refractivity contribution < 1.29 is 4.74 Å². The Hall–Kier alpha value is -1.28. The monoisotopic (exact) mass is 219 g/mol. The highest BCUT2D eigenvalue weighted by molar-refractivity contribution is 5.70. The first-order valence-electron chi connectivity index (χ1n) is 5.54. The van der Waals surface area contributed by atoms with Crippen molar-refractivity contribution in [2.75, 3.05) is 13.7 Å². The molecule has 0 atom stereocenters. The Morgan fingerprint density at radius 1 is 1.38 bits per heavy atom. The van der Waals surface area contributed by atoms with Crippen molar-refractivity contribution in [2.45, 2.75) is 20.8 Å². The average molecular weight is 219 g/mol. The first-order valence-corrected chi connectivity index (χ1v) is 5.54. The third-order valence-corrected chi connectivity index (χ3v) is 2.51. The molecule has 0 saturated heterocycles. The second-order valence-corrected chi connectivity index (χ2v) is 4.84. The van der Waals surface area contributed by atoms with Crippen molar-refractivity contribution in [1.29, 1.82) is 0 Å². The maximum Gasteiger partial charge on any atom is 0.119 e. The number of hydrogen-bond donors (Lipinski definition) is 1. The molecule has 0 fully saturated rings. The summed E-state index contributed by atoms with van der Waals surface area (Å²) in [6.07, 6.45) is 2.08. The Balaban J connectivity index is 3.17. The Labute approximate surface area is 98.1 Å². The van der Waals surface area contributed by atoms with Crippen LogP contribution in [-0.4, -0.2) is 13.7 Å². The van der Waals surface area contributed by atoms with Gasteiger partial charge in [0.15, 0.2) is 0 Å². The third kappa shape index (κ3) is 3.11. The summed E-state index contributed by atoms with van der Waals surface area (Å²) in [6, 6.07) is 8.10. The van der Waals surface area contributed by atoms with Crippen LogP contribution in [-0.2, 0) is 0 Å². The van der Waals surface area contributed by atoms with Gasteiger partial charge in [0, 0.05) is 6.54 Å². The van der Waals surface area contributed by atoms with Gasteiger partial charge in [-0.3, -0.25) is 0 Å². The van der Waals surface area contributed by atoms with Gasteiger partial charge in [0.25, 0.3) is 0 Å². The molecular formula is C14H21NO. The van der Waals surface area contributed by atoms with E-state index in [1.54, 1.807) is 7.11 Å². The summed E-state index contributed by atoms with van der Waals surface area (Å²) >= 11 is 0. The minimum absolute atomic E-state index is 0.0890. The van der Waals surface area contributed by atoms with Gasteiger partial charge < -0.3 is 10.5 Å². The van der Waals surface area contributed by atoms with Crippen LogP contribution >= 0.6 is 0 Å². The highest BCUT2D eigenvalue weighted by Gasteiger charge is 2.18. The Bertz CT molecular complexity index is 375. The van der Waals surface area contributed by atoms with Crippen molar-refractivity contribution in [1.82, 2.24) is 0 Å². The molecule has 2 heteroatoms. The molecule has 0 radical (unpaired) electrons. The molecular weight excluding hydrogens is 198 g/mol. The van der Waals surface area contributed by atoms with Gasteiger partial charge in [-0.2, -0.15) is 0 Å². The molecule has 88 valence electrons. The Kier molecular flexibility index (Phi) is 4.13. The van der Waals surface area contributed by atoms with Gasteiger partial charge in [0.05, 0.1) is 7.11 Å². The number of rotatable bonds is 3. The molecule has 0 aliphatic heterocycles. The van der Waals surface area contributed by atoms with Crippen LogP contribution in [0.2, 0.25) is 0 Å². The van der Waals surface area contributed by atoms with Gasteiger partial charge in [0.2, 0.25) is 0 Å². The average Bonchev–Trinajstić information content (AvgIpc) is 2.24. The predicted octanol–water partition coefficient (Wildman–Crippen LogP) is 3.08. The van der Waals surface area contributed by atoms with E-state index < -0.39 is 0 Å². The first kappa shape index (κ1) is 12.8. The van der Waals surface area contributed by atoms with Crippen LogP contribution in [0.15, 0.2) is 30.3 Å². The van der Waals surface area contributed by atoms with Crippen LogP contribution in [0, 0.1) is 5.41 Å². The van der Waals surface area contributed by atoms with E-state index in [2.05, 4.69) is 32.9 Å². The van der Waals surface area contributed by atoms with Gasteiger partial charge >= 0.3 is 0 Å². The smallest absolute Gasteiger partial charge is 0.119 e. The van der Waals surface area contributed by atoms with E-state index in [-0.39, 0.29) is 5.41 Å². The van der Waals surface area contributed by atoms with Crippen LogP contribution in [0.4, 0.5) is 0 Å². The van der Waals surface area contributed by atoms with E-state index in [1.807, 2.05) is 18.2 Å². The highest BCUT2D eigenvalue weighted by atomic mass is 16.5. The summed E-state index contributed by atoms with van der Waals surface area (Å²) in [5, 5.41) is 0. The molecule has 0 heterocycles. The molecule has 0 amide bonds. The van der Waals surface area contributed by atoms with Gasteiger partial charge in [-0.25, -0.2) is 0 Å². The van der Waals surface area contributed by atoms with E-state index in [0.717, 1.165) is 5.75 Å². The molecule has 2 nitrogen and oxygen atoms in total. The lowest BCUT2D eigenvalue weighted by molar-refractivity contribution is 0.414. The molecule has 0 aliphatic carbocycles. The summed E-state index contributed by atoms with van der Waals surface area (Å²) in [5.41, 5.74) is 8.15. The van der Waals surface area contributed by atoms with Crippen LogP contribution in [0.3, 0.4) is 0 Å². The highest BCUT2D eigenvalue weighted by Crippen LogP contribution is 2.34. The molecule has 1 aromatic carbocycles. The number of allylic oxidation sites excluding steroid dienone is 1. The van der Waals surface area contributed by atoms with Crippen LogP contribution < -0.4 is 10.5 Å². The predicted molar refractivity (Wildman–Crippen MR) is 69.5 cm³/mol. The topological polar surface area (TPSA) is 35.2 Å². The number of ether oxygens (including phenoxy) is 1. The molecule has 1 rings (SSSR count). The fourth-order valence-electron chi connectivity index (χ4n) is 1.77. The number of benzene rings is 1. The zero-order chi connectivity index (χ0) is 12.2. The molecule has 0 aromatic heterocycles. The van der Waals surface area contributed by atoms with E-state index in [4.69, 9.17) is 10.5 Å². The van der Waals surface area contributed by atoms with Crippen molar-refractivity contribution in [2.24, 2.45) is 11.1 Å². The van der Waals surface area contributed by atoms with Gasteiger partial charge in [-0.1, -0.05) is 39.0 Å². The van der Waals surface area contributed by atoms with Crippen molar-refractivity contribution in [3.8, 4) is 5.75 Å². The molecule has 1 aromatic rings. The second kappa shape index (κ2) is 5.17. The fraction of sp³-hybridized carbons (Fsp3) is 0.429. The van der Waals surface area contributed by atoms with E-state index >= 15 is 0 Å². The van der Waals surface area contributed by atoms with E-state index in [0.29, 0.717) is 6.54 Å². The summed E-state index contributed by atoms with van der Waals surface area (Å²) in [7, 11) is 1.68. The number of nitrogens with two attached hydrogens (primary N) is 1. The van der Waals surface area contributed by atoms with Gasteiger partial charge in [-0.05, 0) is 28.7 Å². The lowest BCUT2D eigenvalue weighted by Gasteiger charge is -2.24. The number of methoxy groups -OCH3 is 1. The molecule has 16 heavy (non-hydrogen) atoms. The van der Waals surface area contributed by atoms with E-state index in [9.17, 15) is 0 Å². The maximum atomic E-state index is 5.63. The summed E-state index contributed by atoms with van der Waals surface area (Å²) < 4.78 is 5.24. The molecule has 0 aliphatic rings. The fourth-order valence-corrected chi connectivity index (χ4v) is 1.77. The SMILES string of the molecule is COc1cccc(/C(=C\CN)C(C)(C)C)c1. The molecule has 0 saturated carbocycles. The van der Waals surface area contributed by atoms with Crippen molar-refractivity contribution in [3.63, 3.8) is 0 Å². The van der Waals surface area contributed by atoms with Crippen molar-refractivity contribution >= 4 is 5.57 Å². The van der Waals surface area contributed by atoms with Crippen LogP contribution in [0.5, 0.6) is 5.75 Å². The summed E-state index contributed by atoms with van der Waals surface area (Å²) in [5.74, 6) is 0.879. The van der Waals surface area contributed by atoms with Gasteiger partial charge in [0.1, 0.15) is 5.75 Å². The molecule has 2 N–H and O–H groups in total. The standard InChI is InChI=1S/C14H21NO/c1-14(2,3)13(8-9-15)11-6-5-7-12(10-11)16-4/h5-8,10H,9,15H2,1-4H3/b13-8+. The zero-order valence-electron chi connectivity index (χ0n) is 10.6. The summed E-state index contributed by atoms with van der Waals surface area (Å²) in [6.45, 7) is 7.12. The molecule has 0 unspecified atom stereocenters. The quantitative estimate of drug-likeness (QED) is 0.848. The summed E-state index contributed by atoms with van der Waals surface area (Å²) in [4.78, 5) is 0. The first-order chi connectivity index (χ1) is 7.49. The normalized spacial score (nSPS) is 12.7. The minimum Gasteiger partial charge on any atom is -0.497 e. The van der Waals surface area contributed by atoms with Gasteiger partial charge in [-0.15, -0.1) is 0 Å². The zero-order valence-corrected chi connectivity index (χ0v) is 10.6. The van der Waals surface area contributed by atoms with Crippen LogP contribution in [0.25, 0.3) is 5.57 Å². The molecule has 0 bridgehead atoms. The Morgan fingerprint density at radius 3 is 2.56 bits per heavy atom. The largest absolute Gasteiger partial charge is 0.497 e. The van der Waals surface area contributed by atoms with Crippen molar-refractivity contribution in [3.05, 3.63) is 35.9 Å². The Morgan fingerprint density at radius 2 is 2.06 bits per heavy atom. The van der Waals surface area contributed by atoms with Crippen LogP contribution in [0.1, 0.15) is 26.3 Å². The minimum atomic E-state index is 0.0890. The number of hydrogen-bond acceptors (Lipinski definition) is 2. The maximum absolute atomic E-state index is 5.63. The third-order valence-electron chi connectivity index (χ3n) is 2.51. The second-order valence-electron chi connectivity index (χ2n) is 4.84. The van der Waals surface area contributed by atoms with E-state index in [1.165, 1.54) is 11.1 Å².